The van der Waals surface area contributed by atoms with Crippen molar-refractivity contribution in [3.63, 3.8) is 0 Å². The zero-order chi connectivity index (χ0) is 52.6. The highest BCUT2D eigenvalue weighted by molar-refractivity contribution is 5.71. The molecule has 0 saturated heterocycles. The van der Waals surface area contributed by atoms with Crippen molar-refractivity contribution in [1.29, 1.82) is 0 Å². The summed E-state index contributed by atoms with van der Waals surface area (Å²) in [5.74, 6) is 1.71. The molecule has 0 fully saturated rings. The van der Waals surface area contributed by atoms with Crippen LogP contribution in [0.1, 0.15) is 369 Å². The number of unbranched alkanes of at least 4 members (excludes halogenated alkanes) is 42. The smallest absolute Gasteiger partial charge is 0.306 e. The van der Waals surface area contributed by atoms with E-state index in [-0.39, 0.29) is 31.1 Å². The number of hydrogen-bond acceptors (Lipinski definition) is 6. The molecule has 0 heterocycles. The Morgan fingerprint density at radius 1 is 0.236 bits per heavy atom. The molecule has 0 amide bonds. The fraction of sp³-hybridized carbons (Fsp3) is 0.955. The van der Waals surface area contributed by atoms with E-state index < -0.39 is 6.10 Å². The van der Waals surface area contributed by atoms with Gasteiger partial charge in [-0.15, -0.1) is 0 Å². The minimum Gasteiger partial charge on any atom is -0.462 e. The Kier molecular flexibility index (Phi) is 55.9. The van der Waals surface area contributed by atoms with Crippen molar-refractivity contribution in [2.75, 3.05) is 13.2 Å². The number of carbonyl (C=O) groups is 3. The van der Waals surface area contributed by atoms with Crippen LogP contribution in [0.25, 0.3) is 0 Å². The third-order valence-electron chi connectivity index (χ3n) is 15.1. The third kappa shape index (κ3) is 59.3. The molecule has 0 aliphatic carbocycles. The molecule has 0 N–H and O–H groups in total. The van der Waals surface area contributed by atoms with Gasteiger partial charge in [0.15, 0.2) is 6.10 Å². The second kappa shape index (κ2) is 57.1. The lowest BCUT2D eigenvalue weighted by molar-refractivity contribution is -0.167. The van der Waals surface area contributed by atoms with Crippen molar-refractivity contribution in [1.82, 2.24) is 0 Å². The van der Waals surface area contributed by atoms with Gasteiger partial charge in [-0.3, -0.25) is 14.4 Å². The van der Waals surface area contributed by atoms with E-state index in [0.717, 1.165) is 75.5 Å². The Labute approximate surface area is 450 Å². The molecule has 0 spiro atoms. The van der Waals surface area contributed by atoms with Crippen molar-refractivity contribution in [3.8, 4) is 0 Å². The van der Waals surface area contributed by atoms with Crippen LogP contribution >= 0.6 is 0 Å². The zero-order valence-electron chi connectivity index (χ0n) is 49.7. The van der Waals surface area contributed by atoms with Gasteiger partial charge in [0.05, 0.1) is 0 Å². The molecule has 0 aromatic rings. The van der Waals surface area contributed by atoms with Gasteiger partial charge in [-0.2, -0.15) is 0 Å². The van der Waals surface area contributed by atoms with Crippen LogP contribution in [0.3, 0.4) is 0 Å². The fourth-order valence-electron chi connectivity index (χ4n) is 10.2. The first kappa shape index (κ1) is 70.4. The number of rotatable bonds is 59. The lowest BCUT2D eigenvalue weighted by Crippen LogP contribution is -2.30. The Bertz CT molecular complexity index is 1120. The van der Waals surface area contributed by atoms with Crippen LogP contribution in [0.2, 0.25) is 0 Å². The summed E-state index contributed by atoms with van der Waals surface area (Å²) in [4.78, 5) is 38.3. The van der Waals surface area contributed by atoms with Gasteiger partial charge in [-0.25, -0.2) is 0 Å². The minimum absolute atomic E-state index is 0.0624. The Morgan fingerprint density at radius 3 is 0.597 bits per heavy atom. The maximum absolute atomic E-state index is 12.9. The summed E-state index contributed by atoms with van der Waals surface area (Å²) in [6, 6.07) is 0. The number of carbonyl (C=O) groups excluding carboxylic acids is 3. The van der Waals surface area contributed by atoms with Gasteiger partial charge < -0.3 is 14.2 Å². The maximum atomic E-state index is 12.9. The Balaban J connectivity index is 4.28. The van der Waals surface area contributed by atoms with Crippen LogP contribution in [0.15, 0.2) is 0 Å². The maximum Gasteiger partial charge on any atom is 0.306 e. The minimum atomic E-state index is -0.765. The van der Waals surface area contributed by atoms with E-state index in [1.807, 2.05) is 0 Å². The lowest BCUT2D eigenvalue weighted by atomic mass is 10.0. The van der Waals surface area contributed by atoms with Crippen LogP contribution in [-0.2, 0) is 28.6 Å². The predicted octanol–water partition coefficient (Wildman–Crippen LogP) is 21.8. The van der Waals surface area contributed by atoms with Crippen LogP contribution in [-0.4, -0.2) is 37.2 Å². The molecule has 0 aromatic carbocycles. The SMILES string of the molecule is CC(C)CCCCCCCCCCCCCCCCCCCCC(=O)O[C@H](COC(=O)CCCCCCCCCCCCCCCCC(C)C)COC(=O)CCCCCCCCCCCCCCCC(C)C. The first-order valence-corrected chi connectivity index (χ1v) is 32.6. The summed E-state index contributed by atoms with van der Waals surface area (Å²) in [6.45, 7) is 13.8. The molecule has 0 aliphatic rings. The summed E-state index contributed by atoms with van der Waals surface area (Å²) in [5.41, 5.74) is 0. The highest BCUT2D eigenvalue weighted by Gasteiger charge is 2.19. The highest BCUT2D eigenvalue weighted by atomic mass is 16.6. The van der Waals surface area contributed by atoms with Gasteiger partial charge in [-0.05, 0) is 37.0 Å². The van der Waals surface area contributed by atoms with Crippen molar-refractivity contribution < 1.29 is 28.6 Å². The zero-order valence-corrected chi connectivity index (χ0v) is 49.7. The molecule has 0 radical (unpaired) electrons. The summed E-state index contributed by atoms with van der Waals surface area (Å²) < 4.78 is 17.0. The predicted molar refractivity (Wildman–Crippen MR) is 312 cm³/mol. The van der Waals surface area contributed by atoms with Gasteiger partial charge in [-0.1, -0.05) is 330 Å². The normalized spacial score (nSPS) is 12.1. The average Bonchev–Trinajstić information content (AvgIpc) is 3.34. The van der Waals surface area contributed by atoms with Crippen molar-refractivity contribution in [2.24, 2.45) is 17.8 Å². The van der Waals surface area contributed by atoms with Gasteiger partial charge in [0, 0.05) is 19.3 Å². The number of hydrogen-bond donors (Lipinski definition) is 0. The van der Waals surface area contributed by atoms with Gasteiger partial charge >= 0.3 is 17.9 Å². The molecule has 428 valence electrons. The molecule has 0 rings (SSSR count). The van der Waals surface area contributed by atoms with Crippen molar-refractivity contribution in [3.05, 3.63) is 0 Å². The highest BCUT2D eigenvalue weighted by Crippen LogP contribution is 2.19. The second-order valence-electron chi connectivity index (χ2n) is 24.2. The molecule has 0 aromatic heterocycles. The largest absolute Gasteiger partial charge is 0.462 e. The van der Waals surface area contributed by atoms with Crippen LogP contribution in [0, 0.1) is 17.8 Å². The average molecular weight is 1020 g/mol. The van der Waals surface area contributed by atoms with E-state index in [9.17, 15) is 14.4 Å². The summed E-state index contributed by atoms with van der Waals surface area (Å²) >= 11 is 0. The summed E-state index contributed by atoms with van der Waals surface area (Å²) in [6.07, 6.45) is 62.5. The molecular weight excluding hydrogens is 889 g/mol. The summed E-state index contributed by atoms with van der Waals surface area (Å²) in [7, 11) is 0. The van der Waals surface area contributed by atoms with E-state index in [1.54, 1.807) is 0 Å². The first-order valence-electron chi connectivity index (χ1n) is 32.6. The van der Waals surface area contributed by atoms with E-state index in [2.05, 4.69) is 41.5 Å². The molecular formula is C66H128O6. The number of esters is 3. The van der Waals surface area contributed by atoms with Gasteiger partial charge in [0.1, 0.15) is 13.2 Å². The second-order valence-corrected chi connectivity index (χ2v) is 24.2. The summed E-state index contributed by atoms with van der Waals surface area (Å²) in [5, 5.41) is 0. The molecule has 6 heteroatoms. The van der Waals surface area contributed by atoms with E-state index in [4.69, 9.17) is 14.2 Å². The topological polar surface area (TPSA) is 78.9 Å². The molecule has 72 heavy (non-hydrogen) atoms. The van der Waals surface area contributed by atoms with Crippen LogP contribution in [0.4, 0.5) is 0 Å². The lowest BCUT2D eigenvalue weighted by Gasteiger charge is -2.18. The first-order chi connectivity index (χ1) is 35.1. The van der Waals surface area contributed by atoms with E-state index in [0.29, 0.717) is 19.3 Å². The monoisotopic (exact) mass is 1020 g/mol. The fourth-order valence-corrected chi connectivity index (χ4v) is 10.2. The van der Waals surface area contributed by atoms with Crippen molar-refractivity contribution in [2.45, 2.75) is 375 Å². The quantitative estimate of drug-likeness (QED) is 0.0343. The van der Waals surface area contributed by atoms with Crippen molar-refractivity contribution >= 4 is 17.9 Å². The van der Waals surface area contributed by atoms with Gasteiger partial charge in [0.2, 0.25) is 0 Å². The third-order valence-corrected chi connectivity index (χ3v) is 15.1. The standard InChI is InChI=1S/C66H128O6/c1-60(2)52-46-40-34-28-22-16-11-9-7-8-10-12-20-27-33-39-45-51-57-66(69)72-63(59-71-65(68)56-50-44-38-32-26-21-15-18-24-30-36-42-48-54-62(5)6)58-70-64(67)55-49-43-37-31-25-19-14-13-17-23-29-35-41-47-53-61(3)4/h60-63H,7-59H2,1-6H3/t63-/m1/s1. The molecule has 0 bridgehead atoms. The van der Waals surface area contributed by atoms with Gasteiger partial charge in [0.25, 0.3) is 0 Å². The molecule has 6 nitrogen and oxygen atoms in total. The van der Waals surface area contributed by atoms with E-state index >= 15 is 0 Å². The molecule has 1 atom stereocenters. The van der Waals surface area contributed by atoms with E-state index in [1.165, 1.54) is 250 Å². The molecule has 0 unspecified atom stereocenters. The molecule has 0 saturated carbocycles. The Hall–Kier alpha value is -1.59. The van der Waals surface area contributed by atoms with Crippen LogP contribution < -0.4 is 0 Å². The molecule has 0 aliphatic heterocycles. The van der Waals surface area contributed by atoms with Crippen LogP contribution in [0.5, 0.6) is 0 Å². The number of ether oxygens (including phenoxy) is 3. The Morgan fingerprint density at radius 2 is 0.403 bits per heavy atom.